The van der Waals surface area contributed by atoms with Crippen molar-refractivity contribution in [3.05, 3.63) is 65.2 Å². The minimum absolute atomic E-state index is 0.0221. The van der Waals surface area contributed by atoms with Crippen LogP contribution < -0.4 is 5.32 Å². The molecule has 0 fully saturated rings. The van der Waals surface area contributed by atoms with E-state index in [1.807, 2.05) is 18.2 Å². The number of esters is 1. The number of sulfonamides is 1. The summed E-state index contributed by atoms with van der Waals surface area (Å²) < 4.78 is 31.8. The fourth-order valence-electron chi connectivity index (χ4n) is 3.85. The topological polar surface area (TPSA) is 92.8 Å². The quantitative estimate of drug-likeness (QED) is 0.632. The Bertz CT molecular complexity index is 1050. The number of carbonyl (C=O) groups is 2. The predicted molar refractivity (Wildman–Crippen MR) is 117 cm³/mol. The zero-order valence-corrected chi connectivity index (χ0v) is 18.7. The third kappa shape index (κ3) is 5.32. The van der Waals surface area contributed by atoms with Gasteiger partial charge in [0.25, 0.3) is 5.91 Å². The second-order valence-electron chi connectivity index (χ2n) is 7.40. The van der Waals surface area contributed by atoms with Gasteiger partial charge < -0.3 is 10.1 Å². The van der Waals surface area contributed by atoms with Crippen LogP contribution in [0.5, 0.6) is 0 Å². The molecule has 2 aromatic rings. The molecule has 2 aromatic carbocycles. The predicted octanol–water partition coefficient (Wildman–Crippen LogP) is 3.07. The van der Waals surface area contributed by atoms with Crippen molar-refractivity contribution in [2.45, 2.75) is 44.0 Å². The Hall–Kier alpha value is -2.71. The van der Waals surface area contributed by atoms with Crippen LogP contribution >= 0.6 is 0 Å². The number of hydrogen-bond acceptors (Lipinski definition) is 5. The Labute approximate surface area is 183 Å². The molecule has 31 heavy (non-hydrogen) atoms. The van der Waals surface area contributed by atoms with E-state index in [9.17, 15) is 18.0 Å². The van der Waals surface area contributed by atoms with E-state index < -0.39 is 22.6 Å². The van der Waals surface area contributed by atoms with Gasteiger partial charge >= 0.3 is 5.97 Å². The highest BCUT2D eigenvalue weighted by atomic mass is 32.2. The number of ether oxygens (including phenoxy) is 1. The second-order valence-corrected chi connectivity index (χ2v) is 9.34. The summed E-state index contributed by atoms with van der Waals surface area (Å²) in [5.74, 6) is -1.13. The van der Waals surface area contributed by atoms with Gasteiger partial charge in [-0.2, -0.15) is 4.31 Å². The van der Waals surface area contributed by atoms with E-state index in [0.29, 0.717) is 13.1 Å². The van der Waals surface area contributed by atoms with Gasteiger partial charge in [-0.15, -0.1) is 0 Å². The van der Waals surface area contributed by atoms with Crippen LogP contribution in [-0.4, -0.2) is 44.3 Å². The van der Waals surface area contributed by atoms with Gasteiger partial charge in [0.15, 0.2) is 6.61 Å². The van der Waals surface area contributed by atoms with E-state index >= 15 is 0 Å². The zero-order valence-electron chi connectivity index (χ0n) is 17.8. The van der Waals surface area contributed by atoms with Crippen molar-refractivity contribution in [2.24, 2.45) is 0 Å². The van der Waals surface area contributed by atoms with Crippen molar-refractivity contribution in [3.8, 4) is 0 Å². The molecule has 0 bridgehead atoms. The monoisotopic (exact) mass is 444 g/mol. The van der Waals surface area contributed by atoms with E-state index in [1.54, 1.807) is 13.8 Å². The molecule has 8 heteroatoms. The van der Waals surface area contributed by atoms with Crippen LogP contribution in [0.1, 0.15) is 54.2 Å². The fourth-order valence-corrected chi connectivity index (χ4v) is 5.35. The first-order chi connectivity index (χ1) is 14.9. The summed E-state index contributed by atoms with van der Waals surface area (Å²) in [4.78, 5) is 24.8. The van der Waals surface area contributed by atoms with Crippen molar-refractivity contribution in [2.75, 3.05) is 19.7 Å². The van der Waals surface area contributed by atoms with Gasteiger partial charge in [-0.05, 0) is 48.6 Å². The van der Waals surface area contributed by atoms with Gasteiger partial charge in [0.2, 0.25) is 10.0 Å². The summed E-state index contributed by atoms with van der Waals surface area (Å²) in [6.45, 7) is 3.74. The minimum atomic E-state index is -3.69. The normalized spacial score (nSPS) is 15.9. The largest absolute Gasteiger partial charge is 0.452 e. The number of nitrogens with one attached hydrogen (secondary N) is 1. The molecule has 0 aromatic heterocycles. The van der Waals surface area contributed by atoms with Crippen LogP contribution in [0.25, 0.3) is 0 Å². The molecule has 0 saturated carbocycles. The molecule has 3 rings (SSSR count). The highest BCUT2D eigenvalue weighted by Gasteiger charge is 2.24. The maximum Gasteiger partial charge on any atom is 0.338 e. The Morgan fingerprint density at radius 3 is 2.58 bits per heavy atom. The average Bonchev–Trinajstić information content (AvgIpc) is 2.78. The molecule has 0 spiro atoms. The highest BCUT2D eigenvalue weighted by Crippen LogP contribution is 2.29. The zero-order chi connectivity index (χ0) is 22.4. The molecule has 0 radical (unpaired) electrons. The molecule has 7 nitrogen and oxygen atoms in total. The third-order valence-electron chi connectivity index (χ3n) is 5.45. The van der Waals surface area contributed by atoms with Gasteiger partial charge in [0.05, 0.1) is 16.5 Å². The lowest BCUT2D eigenvalue weighted by Crippen LogP contribution is -2.34. The van der Waals surface area contributed by atoms with Crippen LogP contribution in [0, 0.1) is 0 Å². The maximum absolute atomic E-state index is 12.7. The lowest BCUT2D eigenvalue weighted by Gasteiger charge is -2.26. The number of carbonyl (C=O) groups excluding carboxylic acids is 2. The van der Waals surface area contributed by atoms with Crippen molar-refractivity contribution < 1.29 is 22.7 Å². The molecule has 0 heterocycles. The van der Waals surface area contributed by atoms with Crippen LogP contribution in [0.4, 0.5) is 0 Å². The smallest absolute Gasteiger partial charge is 0.338 e. The van der Waals surface area contributed by atoms with Gasteiger partial charge in [-0.25, -0.2) is 13.2 Å². The summed E-state index contributed by atoms with van der Waals surface area (Å²) in [5.41, 5.74) is 2.41. The number of nitrogens with zero attached hydrogens (tertiary/aromatic N) is 1. The SMILES string of the molecule is CCN(CC)S(=O)(=O)c1cccc(C(=O)OCC(=O)NC2CCCc3ccccc32)c1. The molecule has 1 aliphatic carbocycles. The maximum atomic E-state index is 12.7. The van der Waals surface area contributed by atoms with Crippen LogP contribution in [0.2, 0.25) is 0 Å². The molecule has 0 saturated heterocycles. The summed E-state index contributed by atoms with van der Waals surface area (Å²) >= 11 is 0. The molecule has 1 atom stereocenters. The second kappa shape index (κ2) is 10.1. The number of benzene rings is 2. The number of fused-ring (bicyclic) bond motifs is 1. The number of rotatable bonds is 8. The molecule has 1 aliphatic rings. The summed E-state index contributed by atoms with van der Waals surface area (Å²) in [5, 5.41) is 2.93. The van der Waals surface area contributed by atoms with Gasteiger partial charge in [-0.1, -0.05) is 44.2 Å². The molecule has 0 aliphatic heterocycles. The molecule has 1 amide bonds. The van der Waals surface area contributed by atoms with Crippen molar-refractivity contribution in [3.63, 3.8) is 0 Å². The standard InChI is InChI=1S/C23H28N2O5S/c1-3-25(4-2)31(28,29)19-12-7-11-18(15-19)23(27)30-16-22(26)24-21-14-8-10-17-9-5-6-13-20(17)21/h5-7,9,11-13,15,21H,3-4,8,10,14,16H2,1-2H3,(H,24,26). The molecule has 166 valence electrons. The van der Waals surface area contributed by atoms with Gasteiger partial charge in [0, 0.05) is 13.1 Å². The summed E-state index contributed by atoms with van der Waals surface area (Å²) in [6, 6.07) is 13.6. The lowest BCUT2D eigenvalue weighted by atomic mass is 9.88. The van der Waals surface area contributed by atoms with Crippen molar-refractivity contribution in [1.82, 2.24) is 9.62 Å². The first-order valence-corrected chi connectivity index (χ1v) is 11.9. The molecular weight excluding hydrogens is 416 g/mol. The van der Waals surface area contributed by atoms with Crippen LogP contribution in [0.15, 0.2) is 53.4 Å². The van der Waals surface area contributed by atoms with Crippen LogP contribution in [0.3, 0.4) is 0 Å². The summed E-state index contributed by atoms with van der Waals surface area (Å²) in [6.07, 6.45) is 2.81. The molecular formula is C23H28N2O5S. The van der Waals surface area contributed by atoms with E-state index in [2.05, 4.69) is 11.4 Å². The van der Waals surface area contributed by atoms with E-state index in [4.69, 9.17) is 4.74 Å². The fraction of sp³-hybridized carbons (Fsp3) is 0.391. The first kappa shape index (κ1) is 23.0. The molecule has 1 N–H and O–H groups in total. The Morgan fingerprint density at radius 1 is 1.10 bits per heavy atom. The van der Waals surface area contributed by atoms with Crippen molar-refractivity contribution >= 4 is 21.9 Å². The van der Waals surface area contributed by atoms with E-state index in [0.717, 1.165) is 24.8 Å². The number of aryl methyl sites for hydroxylation is 1. The third-order valence-corrected chi connectivity index (χ3v) is 7.50. The van der Waals surface area contributed by atoms with Gasteiger partial charge in [0.1, 0.15) is 0 Å². The lowest BCUT2D eigenvalue weighted by molar-refractivity contribution is -0.125. The average molecular weight is 445 g/mol. The first-order valence-electron chi connectivity index (χ1n) is 10.5. The van der Waals surface area contributed by atoms with E-state index in [1.165, 1.54) is 34.1 Å². The highest BCUT2D eigenvalue weighted by molar-refractivity contribution is 7.89. The van der Waals surface area contributed by atoms with Crippen molar-refractivity contribution in [1.29, 1.82) is 0 Å². The Morgan fingerprint density at radius 2 is 1.84 bits per heavy atom. The van der Waals surface area contributed by atoms with Gasteiger partial charge in [-0.3, -0.25) is 4.79 Å². The number of amides is 1. The molecule has 1 unspecified atom stereocenters. The Balaban J connectivity index is 1.62. The minimum Gasteiger partial charge on any atom is -0.452 e. The summed E-state index contributed by atoms with van der Waals surface area (Å²) in [7, 11) is -3.69. The number of hydrogen-bond donors (Lipinski definition) is 1. The van der Waals surface area contributed by atoms with Crippen LogP contribution in [-0.2, 0) is 26.0 Å². The Kier molecular flexibility index (Phi) is 7.46. The van der Waals surface area contributed by atoms with E-state index in [-0.39, 0.29) is 22.4 Å².